The van der Waals surface area contributed by atoms with Crippen molar-refractivity contribution in [1.82, 2.24) is 4.57 Å². The number of aromatic nitrogens is 1. The Kier molecular flexibility index (Phi) is 6.92. The smallest absolute Gasteiger partial charge is 0.273 e. The number of hydrogen-bond donors (Lipinski definition) is 1. The molecule has 0 spiro atoms. The predicted octanol–water partition coefficient (Wildman–Crippen LogP) is 3.84. The quantitative estimate of drug-likeness (QED) is 0.485. The second kappa shape index (κ2) is 10.4. The van der Waals surface area contributed by atoms with Crippen molar-refractivity contribution in [3.05, 3.63) is 122 Å². The van der Waals surface area contributed by atoms with Crippen LogP contribution in [-0.4, -0.2) is 10.5 Å². The highest BCUT2D eigenvalue weighted by molar-refractivity contribution is 7.07. The fourth-order valence-electron chi connectivity index (χ4n) is 3.21. The van der Waals surface area contributed by atoms with E-state index in [1.54, 1.807) is 36.4 Å². The van der Waals surface area contributed by atoms with Crippen LogP contribution in [0.1, 0.15) is 5.56 Å². The number of halogens is 1. The van der Waals surface area contributed by atoms with E-state index in [9.17, 15) is 19.2 Å². The lowest BCUT2D eigenvalue weighted by molar-refractivity contribution is -0.111. The summed E-state index contributed by atoms with van der Waals surface area (Å²) in [5.74, 6) is -1.13. The molecule has 0 bridgehead atoms. The molecule has 1 N–H and O–H groups in total. The number of rotatable bonds is 5. The van der Waals surface area contributed by atoms with E-state index >= 15 is 0 Å². The van der Waals surface area contributed by atoms with Gasteiger partial charge in [0.2, 0.25) is 0 Å². The standard InChI is InChI=1S/C27H18FN3O2S/c28-20-14-16-21(17-15-20)30-25(32)23(18-29)27-31(22-11-5-2-6-12-22)26(33)24(34-27)13-7-10-19-8-3-1-4-9-19/h1-17H,(H,30,32)/b10-7+,24-13+,27-23+. The number of anilines is 1. The van der Waals surface area contributed by atoms with Crippen LogP contribution >= 0.6 is 11.3 Å². The van der Waals surface area contributed by atoms with E-state index in [1.807, 2.05) is 48.5 Å². The zero-order valence-electron chi connectivity index (χ0n) is 17.8. The monoisotopic (exact) mass is 467 g/mol. The third kappa shape index (κ3) is 5.09. The normalized spacial score (nSPS) is 12.4. The van der Waals surface area contributed by atoms with Crippen molar-refractivity contribution in [2.45, 2.75) is 0 Å². The van der Waals surface area contributed by atoms with E-state index in [4.69, 9.17) is 0 Å². The fraction of sp³-hybridized carbons (Fsp3) is 0. The lowest BCUT2D eigenvalue weighted by atomic mass is 10.2. The molecule has 0 radical (unpaired) electrons. The van der Waals surface area contributed by atoms with Gasteiger partial charge in [0.05, 0.1) is 10.2 Å². The van der Waals surface area contributed by atoms with Gasteiger partial charge in [-0.25, -0.2) is 4.39 Å². The highest BCUT2D eigenvalue weighted by Gasteiger charge is 2.17. The summed E-state index contributed by atoms with van der Waals surface area (Å²) >= 11 is 1.05. The number of thiazole rings is 1. The minimum atomic E-state index is -0.689. The molecule has 166 valence electrons. The first-order valence-electron chi connectivity index (χ1n) is 10.3. The number of amides is 1. The van der Waals surface area contributed by atoms with Crippen molar-refractivity contribution in [1.29, 1.82) is 5.26 Å². The Morgan fingerprint density at radius 3 is 2.26 bits per heavy atom. The van der Waals surface area contributed by atoms with Gasteiger partial charge in [-0.1, -0.05) is 60.7 Å². The van der Waals surface area contributed by atoms with Gasteiger partial charge in [-0.2, -0.15) is 5.26 Å². The van der Waals surface area contributed by atoms with E-state index in [2.05, 4.69) is 5.32 Å². The number of nitrogens with zero attached hydrogens (tertiary/aromatic N) is 2. The maximum absolute atomic E-state index is 13.3. The van der Waals surface area contributed by atoms with Gasteiger partial charge in [0.25, 0.3) is 11.5 Å². The van der Waals surface area contributed by atoms with Crippen LogP contribution < -0.4 is 20.1 Å². The van der Waals surface area contributed by atoms with Crippen LogP contribution in [0.3, 0.4) is 0 Å². The molecule has 0 aliphatic heterocycles. The summed E-state index contributed by atoms with van der Waals surface area (Å²) < 4.78 is 15.1. The summed E-state index contributed by atoms with van der Waals surface area (Å²) in [6.45, 7) is 0. The first-order valence-corrected chi connectivity index (χ1v) is 11.1. The summed E-state index contributed by atoms with van der Waals surface area (Å²) in [6, 6.07) is 25.6. The molecule has 1 aromatic heterocycles. The van der Waals surface area contributed by atoms with E-state index in [0.717, 1.165) is 16.9 Å². The van der Waals surface area contributed by atoms with Crippen LogP contribution in [0.5, 0.6) is 0 Å². The van der Waals surface area contributed by atoms with Gasteiger partial charge in [0, 0.05) is 5.69 Å². The Hall–Kier alpha value is -4.54. The number of nitrogens with one attached hydrogen (secondary N) is 1. The molecule has 7 heteroatoms. The van der Waals surface area contributed by atoms with E-state index < -0.39 is 11.7 Å². The second-order valence-corrected chi connectivity index (χ2v) is 8.16. The molecule has 4 aromatic rings. The minimum Gasteiger partial charge on any atom is -0.321 e. The van der Waals surface area contributed by atoms with Crippen molar-refractivity contribution < 1.29 is 9.18 Å². The van der Waals surface area contributed by atoms with Gasteiger partial charge in [-0.15, -0.1) is 11.3 Å². The summed E-state index contributed by atoms with van der Waals surface area (Å²) in [7, 11) is 0. The van der Waals surface area contributed by atoms with Gasteiger partial charge in [0.15, 0.2) is 5.57 Å². The lowest BCUT2D eigenvalue weighted by Gasteiger charge is -2.05. The molecule has 0 unspecified atom stereocenters. The molecule has 0 saturated carbocycles. The molecule has 0 atom stereocenters. The molecular weight excluding hydrogens is 449 g/mol. The van der Waals surface area contributed by atoms with Crippen molar-refractivity contribution in [2.75, 3.05) is 5.32 Å². The Balaban J connectivity index is 1.86. The molecule has 1 amide bonds. The molecule has 1 heterocycles. The molecular formula is C27H18FN3O2S. The minimum absolute atomic E-state index is 0.206. The Bertz CT molecular complexity index is 1560. The maximum Gasteiger partial charge on any atom is 0.273 e. The van der Waals surface area contributed by atoms with Crippen molar-refractivity contribution in [2.24, 2.45) is 0 Å². The zero-order valence-corrected chi connectivity index (χ0v) is 18.6. The molecule has 0 saturated heterocycles. The highest BCUT2D eigenvalue weighted by Crippen LogP contribution is 2.10. The van der Waals surface area contributed by atoms with Crippen LogP contribution in [-0.2, 0) is 4.79 Å². The maximum atomic E-state index is 13.3. The van der Waals surface area contributed by atoms with Gasteiger partial charge < -0.3 is 5.32 Å². The highest BCUT2D eigenvalue weighted by atomic mass is 32.1. The van der Waals surface area contributed by atoms with Crippen molar-refractivity contribution in [3.63, 3.8) is 0 Å². The number of carbonyl (C=O) groups is 1. The van der Waals surface area contributed by atoms with E-state index in [-0.39, 0.29) is 15.8 Å². The van der Waals surface area contributed by atoms with Crippen LogP contribution in [0, 0.1) is 17.1 Å². The first-order chi connectivity index (χ1) is 16.6. The molecule has 0 aliphatic carbocycles. The van der Waals surface area contributed by atoms with Crippen LogP contribution in [0.15, 0.2) is 95.8 Å². The summed E-state index contributed by atoms with van der Waals surface area (Å²) in [5.41, 5.74) is 1.28. The number of carbonyl (C=O) groups excluding carboxylic acids is 1. The fourth-order valence-corrected chi connectivity index (χ4v) is 4.26. The summed E-state index contributed by atoms with van der Waals surface area (Å²) in [6.07, 6.45) is 5.28. The Labute approximate surface area is 198 Å². The van der Waals surface area contributed by atoms with Gasteiger partial charge in [-0.05, 0) is 48.0 Å². The van der Waals surface area contributed by atoms with Crippen molar-refractivity contribution in [3.8, 4) is 11.8 Å². The first kappa shape index (κ1) is 22.6. The third-order valence-corrected chi connectivity index (χ3v) is 5.94. The number of para-hydroxylation sites is 1. The Morgan fingerprint density at radius 2 is 1.62 bits per heavy atom. The van der Waals surface area contributed by atoms with Crippen LogP contribution in [0.25, 0.3) is 23.4 Å². The van der Waals surface area contributed by atoms with Gasteiger partial charge in [-0.3, -0.25) is 14.2 Å². The van der Waals surface area contributed by atoms with Gasteiger partial charge in [0.1, 0.15) is 16.5 Å². The lowest BCUT2D eigenvalue weighted by Crippen LogP contribution is -2.32. The number of allylic oxidation sites excluding steroid dienone is 1. The van der Waals surface area contributed by atoms with E-state index in [0.29, 0.717) is 15.9 Å². The third-order valence-electron chi connectivity index (χ3n) is 4.83. The topological polar surface area (TPSA) is 74.9 Å². The predicted molar refractivity (Wildman–Crippen MR) is 133 cm³/mol. The molecule has 0 aliphatic rings. The average molecular weight is 468 g/mol. The molecule has 34 heavy (non-hydrogen) atoms. The summed E-state index contributed by atoms with van der Waals surface area (Å²) in [5, 5.41) is 12.4. The molecule has 4 rings (SSSR count). The zero-order chi connectivity index (χ0) is 23.9. The molecule has 3 aromatic carbocycles. The number of hydrogen-bond acceptors (Lipinski definition) is 4. The number of nitriles is 1. The van der Waals surface area contributed by atoms with E-state index in [1.165, 1.54) is 28.8 Å². The van der Waals surface area contributed by atoms with Gasteiger partial charge >= 0.3 is 0 Å². The van der Waals surface area contributed by atoms with Crippen LogP contribution in [0.4, 0.5) is 10.1 Å². The average Bonchev–Trinajstić information content (AvgIpc) is 3.18. The largest absolute Gasteiger partial charge is 0.321 e. The Morgan fingerprint density at radius 1 is 0.971 bits per heavy atom. The molecule has 0 fully saturated rings. The molecule has 5 nitrogen and oxygen atoms in total. The number of benzene rings is 3. The van der Waals surface area contributed by atoms with Crippen molar-refractivity contribution >= 4 is 40.7 Å². The van der Waals surface area contributed by atoms with Crippen LogP contribution in [0.2, 0.25) is 0 Å². The second-order valence-electron chi connectivity index (χ2n) is 7.13. The SMILES string of the molecule is N#C/C(C(=O)Nc1ccc(F)cc1)=c1\s/c(=C/C=C/c2ccccc2)c(=O)n1-c1ccccc1. The summed E-state index contributed by atoms with van der Waals surface area (Å²) in [4.78, 5) is 26.2.